The maximum Gasteiger partial charge on any atom is 0.408 e. The summed E-state index contributed by atoms with van der Waals surface area (Å²) < 4.78 is 5.44. The van der Waals surface area contributed by atoms with E-state index >= 15 is 0 Å². The Balaban J connectivity index is 1.60. The Morgan fingerprint density at radius 3 is 2.15 bits per heavy atom. The molecule has 1 aliphatic rings. The molecule has 2 atom stereocenters. The van der Waals surface area contributed by atoms with E-state index in [0.717, 1.165) is 11.1 Å². The second kappa shape index (κ2) is 8.71. The number of ether oxygens (including phenoxy) is 1. The number of rotatable bonds is 7. The molecular weight excluding hydrogens is 382 g/mol. The number of nitrogens with one attached hydrogen (secondary N) is 1. The van der Waals surface area contributed by atoms with Crippen LogP contribution in [0.2, 0.25) is 0 Å². The smallest absolute Gasteiger partial charge is 0.408 e. The minimum atomic E-state index is -0.907. The Hall–Kier alpha value is -2.12. The Bertz CT molecular complexity index is 797. The van der Waals surface area contributed by atoms with Crippen LogP contribution >= 0.6 is 25.3 Å². The number of benzene rings is 2. The number of carboxylic acid groups (broad SMARTS) is 1. The van der Waals surface area contributed by atoms with Crippen LogP contribution in [-0.4, -0.2) is 34.4 Å². The normalized spacial score (nSPS) is 14.7. The number of carbonyl (C=O) groups excluding carboxylic acids is 1. The summed E-state index contributed by atoms with van der Waals surface area (Å²) in [7, 11) is 0. The second-order valence-corrected chi connectivity index (χ2v) is 7.63. The van der Waals surface area contributed by atoms with E-state index in [0.29, 0.717) is 6.42 Å². The lowest BCUT2D eigenvalue weighted by atomic mass is 9.98. The Morgan fingerprint density at radius 1 is 1.04 bits per heavy atom. The molecule has 2 aromatic carbocycles. The number of carboxylic acids is 1. The van der Waals surface area contributed by atoms with Gasteiger partial charge in [-0.2, -0.15) is 25.3 Å². The van der Waals surface area contributed by atoms with Gasteiger partial charge < -0.3 is 15.2 Å². The van der Waals surface area contributed by atoms with Crippen molar-refractivity contribution >= 4 is 37.3 Å². The molecule has 7 heteroatoms. The van der Waals surface area contributed by atoms with Gasteiger partial charge in [-0.3, -0.25) is 4.79 Å². The van der Waals surface area contributed by atoms with Gasteiger partial charge in [0.15, 0.2) is 0 Å². The van der Waals surface area contributed by atoms with Gasteiger partial charge in [-0.05, 0) is 28.7 Å². The third kappa shape index (κ3) is 4.59. The highest BCUT2D eigenvalue weighted by atomic mass is 32.1. The predicted molar refractivity (Wildman–Crippen MR) is 111 cm³/mol. The van der Waals surface area contributed by atoms with Gasteiger partial charge >= 0.3 is 12.1 Å². The average molecular weight is 404 g/mol. The van der Waals surface area contributed by atoms with Crippen LogP contribution < -0.4 is 5.32 Å². The minimum Gasteiger partial charge on any atom is -0.481 e. The molecule has 0 saturated carbocycles. The standard InChI is InChI=1S/C20H21NO4S2/c22-18(23)10-9-17(26)19(27)21-20(24)25-11-16-14-7-3-1-5-12(14)13-6-2-4-8-15(13)16/h1-8,16-17,19,26-27H,9-11H2,(H,21,24)(H,22,23). The fraction of sp³-hybridized carbons (Fsp3) is 0.300. The Labute approximate surface area is 168 Å². The van der Waals surface area contributed by atoms with Crippen LogP contribution in [0.15, 0.2) is 48.5 Å². The lowest BCUT2D eigenvalue weighted by Crippen LogP contribution is -2.38. The largest absolute Gasteiger partial charge is 0.481 e. The number of amides is 1. The summed E-state index contributed by atoms with van der Waals surface area (Å²) >= 11 is 8.57. The van der Waals surface area contributed by atoms with Crippen LogP contribution in [0.4, 0.5) is 4.79 Å². The van der Waals surface area contributed by atoms with Crippen molar-refractivity contribution in [3.8, 4) is 11.1 Å². The van der Waals surface area contributed by atoms with Gasteiger partial charge in [0.1, 0.15) is 6.61 Å². The summed E-state index contributed by atoms with van der Waals surface area (Å²) in [5.74, 6) is -0.920. The highest BCUT2D eigenvalue weighted by Crippen LogP contribution is 2.44. The zero-order valence-corrected chi connectivity index (χ0v) is 16.3. The summed E-state index contributed by atoms with van der Waals surface area (Å²) in [6.45, 7) is 0.215. The fourth-order valence-corrected chi connectivity index (χ4v) is 3.74. The first-order valence-corrected chi connectivity index (χ1v) is 9.70. The SMILES string of the molecule is O=C(O)CCC(S)C(S)NC(=O)OCC1c2ccccc2-c2ccccc21. The summed E-state index contributed by atoms with van der Waals surface area (Å²) in [5.41, 5.74) is 4.61. The molecule has 1 amide bonds. The van der Waals surface area contributed by atoms with E-state index in [4.69, 9.17) is 9.84 Å². The molecule has 0 heterocycles. The molecule has 0 radical (unpaired) electrons. The van der Waals surface area contributed by atoms with Crippen molar-refractivity contribution in [2.45, 2.75) is 29.4 Å². The van der Waals surface area contributed by atoms with E-state index in [-0.39, 0.29) is 24.2 Å². The molecule has 1 aliphatic carbocycles. The lowest BCUT2D eigenvalue weighted by Gasteiger charge is -2.20. The quantitative estimate of drug-likeness (QED) is 0.417. The summed E-state index contributed by atoms with van der Waals surface area (Å²) in [4.78, 5) is 22.8. The number of hydrogen-bond donors (Lipinski definition) is 4. The number of fused-ring (bicyclic) bond motifs is 3. The van der Waals surface area contributed by atoms with Gasteiger partial charge in [0.05, 0.1) is 5.37 Å². The molecule has 5 nitrogen and oxygen atoms in total. The van der Waals surface area contributed by atoms with Gasteiger partial charge in [0.2, 0.25) is 0 Å². The molecular formula is C20H21NO4S2. The molecule has 0 aromatic heterocycles. The van der Waals surface area contributed by atoms with Crippen molar-refractivity contribution in [2.24, 2.45) is 0 Å². The average Bonchev–Trinajstić information content (AvgIpc) is 2.98. The minimum absolute atomic E-state index is 0.0136. The zero-order valence-electron chi connectivity index (χ0n) is 14.5. The first-order valence-electron chi connectivity index (χ1n) is 8.67. The number of carbonyl (C=O) groups is 2. The number of hydrogen-bond acceptors (Lipinski definition) is 5. The van der Waals surface area contributed by atoms with Crippen molar-refractivity contribution in [3.63, 3.8) is 0 Å². The van der Waals surface area contributed by atoms with Gasteiger partial charge in [-0.25, -0.2) is 4.79 Å². The van der Waals surface area contributed by atoms with Crippen molar-refractivity contribution in [1.29, 1.82) is 0 Å². The maximum absolute atomic E-state index is 12.1. The van der Waals surface area contributed by atoms with Crippen molar-refractivity contribution in [3.05, 3.63) is 59.7 Å². The molecule has 0 bridgehead atoms. The molecule has 0 spiro atoms. The highest BCUT2D eigenvalue weighted by molar-refractivity contribution is 7.85. The maximum atomic E-state index is 12.1. The van der Waals surface area contributed by atoms with Crippen molar-refractivity contribution < 1.29 is 19.4 Å². The molecule has 2 aromatic rings. The molecule has 2 N–H and O–H groups in total. The van der Waals surface area contributed by atoms with Gasteiger partial charge in [-0.1, -0.05) is 48.5 Å². The lowest BCUT2D eigenvalue weighted by molar-refractivity contribution is -0.137. The second-order valence-electron chi connectivity index (χ2n) is 6.41. The Kier molecular flexibility index (Phi) is 6.34. The van der Waals surface area contributed by atoms with Crippen LogP contribution in [0.25, 0.3) is 11.1 Å². The van der Waals surface area contributed by atoms with Crippen LogP contribution in [0.5, 0.6) is 0 Å². The molecule has 142 valence electrons. The van der Waals surface area contributed by atoms with Crippen molar-refractivity contribution in [1.82, 2.24) is 5.32 Å². The highest BCUT2D eigenvalue weighted by Gasteiger charge is 2.29. The zero-order chi connectivity index (χ0) is 19.4. The molecule has 2 unspecified atom stereocenters. The van der Waals surface area contributed by atoms with E-state index in [1.54, 1.807) is 0 Å². The number of thiol groups is 2. The van der Waals surface area contributed by atoms with Crippen LogP contribution in [0.1, 0.15) is 29.9 Å². The van der Waals surface area contributed by atoms with E-state index in [2.05, 4.69) is 54.8 Å². The van der Waals surface area contributed by atoms with Gasteiger partial charge in [-0.15, -0.1) is 0 Å². The third-order valence-corrected chi connectivity index (χ3v) is 5.91. The summed E-state index contributed by atoms with van der Waals surface area (Å²) in [5, 5.41) is 10.4. The third-order valence-electron chi connectivity index (χ3n) is 4.63. The number of alkyl carbamates (subject to hydrolysis) is 1. The Morgan fingerprint density at radius 2 is 1.59 bits per heavy atom. The topological polar surface area (TPSA) is 75.6 Å². The monoisotopic (exact) mass is 403 g/mol. The van der Waals surface area contributed by atoms with Crippen molar-refractivity contribution in [2.75, 3.05) is 6.61 Å². The van der Waals surface area contributed by atoms with Crippen LogP contribution in [-0.2, 0) is 9.53 Å². The van der Waals surface area contributed by atoms with Crippen LogP contribution in [0.3, 0.4) is 0 Å². The molecule has 0 saturated heterocycles. The molecule has 0 fully saturated rings. The predicted octanol–water partition coefficient (Wildman–Crippen LogP) is 3.94. The van der Waals surface area contributed by atoms with E-state index in [9.17, 15) is 9.59 Å². The molecule has 0 aliphatic heterocycles. The van der Waals surface area contributed by atoms with E-state index in [1.165, 1.54) is 11.1 Å². The summed E-state index contributed by atoms with van der Waals surface area (Å²) in [6.07, 6.45) is -0.320. The van der Waals surface area contributed by atoms with E-state index in [1.807, 2.05) is 24.3 Å². The molecule has 27 heavy (non-hydrogen) atoms. The fourth-order valence-electron chi connectivity index (χ4n) is 3.29. The van der Waals surface area contributed by atoms with Crippen LogP contribution in [0, 0.1) is 0 Å². The van der Waals surface area contributed by atoms with Gasteiger partial charge in [0.25, 0.3) is 0 Å². The first-order chi connectivity index (χ1) is 13.0. The van der Waals surface area contributed by atoms with Gasteiger partial charge in [0, 0.05) is 17.6 Å². The number of aliphatic carboxylic acids is 1. The first kappa shape index (κ1) is 19.6. The summed E-state index contributed by atoms with van der Waals surface area (Å²) in [6, 6.07) is 16.2. The molecule has 3 rings (SSSR count). The van der Waals surface area contributed by atoms with E-state index < -0.39 is 17.4 Å².